The second-order valence-electron chi connectivity index (χ2n) is 17.4. The Hall–Kier alpha value is -6.73. The summed E-state index contributed by atoms with van der Waals surface area (Å²) >= 11 is 5.00. The summed E-state index contributed by atoms with van der Waals surface area (Å²) in [6.07, 6.45) is 2.56. The highest BCUT2D eigenvalue weighted by atomic mass is 32.2. The number of anilines is 2. The summed E-state index contributed by atoms with van der Waals surface area (Å²) in [5, 5.41) is 41.1. The lowest BCUT2D eigenvalue weighted by molar-refractivity contribution is 0.204. The van der Waals surface area contributed by atoms with Crippen LogP contribution in [-0.2, 0) is 13.1 Å². The monoisotopic (exact) mass is 988 g/mol. The smallest absolute Gasteiger partial charge is 0.0830 e. The van der Waals surface area contributed by atoms with Crippen molar-refractivity contribution in [1.82, 2.24) is 9.13 Å². The minimum absolute atomic E-state index is 0.359. The van der Waals surface area contributed by atoms with Crippen molar-refractivity contribution in [2.75, 3.05) is 34.6 Å². The van der Waals surface area contributed by atoms with Crippen molar-refractivity contribution in [1.29, 1.82) is 0 Å². The zero-order chi connectivity index (χ0) is 48.5. The molecule has 356 valence electrons. The van der Waals surface area contributed by atoms with Crippen LogP contribution in [0.15, 0.2) is 224 Å². The summed E-state index contributed by atoms with van der Waals surface area (Å²) in [6, 6.07) is 67.2. The van der Waals surface area contributed by atoms with Gasteiger partial charge in [0.15, 0.2) is 0 Å². The van der Waals surface area contributed by atoms with Gasteiger partial charge >= 0.3 is 0 Å². The average Bonchev–Trinajstić information content (AvgIpc) is 3.92. The summed E-state index contributed by atoms with van der Waals surface area (Å²) in [5.41, 5.74) is 8.78. The van der Waals surface area contributed by atoms with Crippen LogP contribution in [0.5, 0.6) is 0 Å². The van der Waals surface area contributed by atoms with Crippen molar-refractivity contribution >= 4 is 103 Å². The first kappa shape index (κ1) is 47.9. The Balaban J connectivity index is 0.716. The maximum atomic E-state index is 11.3. The number of benzene rings is 8. The molecule has 0 spiro atoms. The highest BCUT2D eigenvalue weighted by Gasteiger charge is 2.16. The van der Waals surface area contributed by atoms with Crippen LogP contribution in [0.25, 0.3) is 43.6 Å². The molecule has 2 atom stereocenters. The molecule has 10 aromatic rings. The lowest BCUT2D eigenvalue weighted by Gasteiger charge is -2.22. The number of aliphatic hydroxyl groups is 2. The van der Waals surface area contributed by atoms with Gasteiger partial charge in [-0.15, -0.1) is 23.5 Å². The van der Waals surface area contributed by atoms with Crippen molar-refractivity contribution in [3.05, 3.63) is 205 Å². The first-order valence-electron chi connectivity index (χ1n) is 24.2. The van der Waals surface area contributed by atoms with E-state index < -0.39 is 12.2 Å². The van der Waals surface area contributed by atoms with Gasteiger partial charge in [-0.2, -0.15) is 10.2 Å². The molecule has 0 saturated carbocycles. The van der Waals surface area contributed by atoms with Gasteiger partial charge in [0.05, 0.1) is 49.1 Å². The molecule has 8 aromatic carbocycles. The molecule has 0 aliphatic carbocycles. The highest BCUT2D eigenvalue weighted by Crippen LogP contribution is 2.34. The van der Waals surface area contributed by atoms with Crippen LogP contribution < -0.4 is 10.0 Å². The number of fused-ring (bicyclic) bond motifs is 6. The molecule has 0 amide bonds. The SMILES string of the molecule is CCn1c2ccccc2c2cc(C=NN(CC(O)CSc3ccc(Sc4ccc(SCC(O)CN(N=Cc5ccc6c(c5)c5ccccc5n6CC)c5ccccc5)cc4)cc3)c3ccccc3)ccc21. The van der Waals surface area contributed by atoms with Crippen LogP contribution in [0, 0.1) is 0 Å². The molecule has 0 aliphatic rings. The average molecular weight is 989 g/mol. The topological polar surface area (TPSA) is 81.5 Å². The van der Waals surface area contributed by atoms with Crippen LogP contribution in [0.2, 0.25) is 0 Å². The van der Waals surface area contributed by atoms with Crippen LogP contribution in [-0.4, -0.2) is 68.6 Å². The Bertz CT molecular complexity index is 3200. The van der Waals surface area contributed by atoms with Gasteiger partial charge in [-0.05, 0) is 134 Å². The summed E-state index contributed by atoms with van der Waals surface area (Å²) in [7, 11) is 0. The number of hydrogen-bond donors (Lipinski definition) is 2. The summed E-state index contributed by atoms with van der Waals surface area (Å²) < 4.78 is 4.70. The van der Waals surface area contributed by atoms with Gasteiger partial charge in [0.2, 0.25) is 0 Å². The van der Waals surface area contributed by atoms with E-state index in [1.807, 2.05) is 83.1 Å². The van der Waals surface area contributed by atoms with Gasteiger partial charge in [-0.3, -0.25) is 10.0 Å². The highest BCUT2D eigenvalue weighted by molar-refractivity contribution is 8.00. The number of para-hydroxylation sites is 4. The molecule has 0 saturated heterocycles. The molecule has 0 radical (unpaired) electrons. The predicted molar refractivity (Wildman–Crippen MR) is 303 cm³/mol. The van der Waals surface area contributed by atoms with Crippen LogP contribution in [0.3, 0.4) is 0 Å². The standard InChI is InChI=1S/C60H56N6O2S3/c1-3-63-57-21-13-11-19-53(57)55-35-43(23-33-59(55)63)37-61-65(45-15-7-5-8-16-45)39-47(67)41-69-49-25-29-51(30-26-49)71-52-31-27-50(28-32-52)70-42-48(68)40-66(46-17-9-6-10-18-46)62-38-44-24-34-60-56(36-44)54-20-12-14-22-58(54)64(60)4-2/h5-38,47-48,67-68H,3-4,39-42H2,1-2H3. The largest absolute Gasteiger partial charge is 0.390 e. The van der Waals surface area contributed by atoms with E-state index in [2.05, 4.69) is 156 Å². The predicted octanol–water partition coefficient (Wildman–Crippen LogP) is 14.1. The van der Waals surface area contributed by atoms with Crippen LogP contribution >= 0.6 is 35.3 Å². The zero-order valence-corrected chi connectivity index (χ0v) is 42.3. The second-order valence-corrected chi connectivity index (χ2v) is 20.7. The summed E-state index contributed by atoms with van der Waals surface area (Å²) in [6.45, 7) is 6.89. The number of hydrazone groups is 2. The molecule has 11 heteroatoms. The Kier molecular flexibility index (Phi) is 15.2. The number of aliphatic hydroxyl groups excluding tert-OH is 2. The first-order valence-corrected chi connectivity index (χ1v) is 26.9. The van der Waals surface area contributed by atoms with Crippen LogP contribution in [0.1, 0.15) is 25.0 Å². The van der Waals surface area contributed by atoms with Crippen molar-refractivity contribution < 1.29 is 10.2 Å². The van der Waals surface area contributed by atoms with E-state index >= 15 is 0 Å². The van der Waals surface area contributed by atoms with Crippen molar-refractivity contribution in [2.24, 2.45) is 10.2 Å². The van der Waals surface area contributed by atoms with E-state index in [0.29, 0.717) is 24.6 Å². The maximum absolute atomic E-state index is 11.3. The molecule has 0 bridgehead atoms. The maximum Gasteiger partial charge on any atom is 0.0830 e. The van der Waals surface area contributed by atoms with E-state index in [9.17, 15) is 10.2 Å². The minimum Gasteiger partial charge on any atom is -0.390 e. The number of aromatic nitrogens is 2. The third-order valence-electron chi connectivity index (χ3n) is 12.6. The fourth-order valence-electron chi connectivity index (χ4n) is 9.13. The normalized spacial score (nSPS) is 12.8. The van der Waals surface area contributed by atoms with Crippen LogP contribution in [0.4, 0.5) is 11.4 Å². The van der Waals surface area contributed by atoms with Gasteiger partial charge < -0.3 is 19.3 Å². The Morgan fingerprint density at radius 3 is 1.21 bits per heavy atom. The third kappa shape index (κ3) is 11.3. The molecule has 10 rings (SSSR count). The van der Waals surface area contributed by atoms with E-state index in [-0.39, 0.29) is 0 Å². The zero-order valence-electron chi connectivity index (χ0n) is 39.8. The van der Waals surface area contributed by atoms with Gasteiger partial charge in [-0.25, -0.2) is 0 Å². The second kappa shape index (κ2) is 22.6. The number of thioether (sulfide) groups is 2. The van der Waals surface area contributed by atoms with Crippen molar-refractivity contribution in [3.63, 3.8) is 0 Å². The summed E-state index contributed by atoms with van der Waals surface area (Å²) in [5.74, 6) is 1.06. The molecule has 0 fully saturated rings. The molecular formula is C60H56N6O2S3. The first-order chi connectivity index (χ1) is 34.9. The molecule has 8 nitrogen and oxygen atoms in total. The van der Waals surface area contributed by atoms with Gasteiger partial charge in [-0.1, -0.05) is 96.7 Å². The number of hydrogen-bond acceptors (Lipinski definition) is 9. The van der Waals surface area contributed by atoms with E-state index in [4.69, 9.17) is 10.2 Å². The Labute approximate surface area is 428 Å². The molecule has 2 aromatic heterocycles. The fourth-order valence-corrected chi connectivity index (χ4v) is 11.6. The van der Waals surface area contributed by atoms with Gasteiger partial charge in [0.1, 0.15) is 0 Å². The molecular weight excluding hydrogens is 933 g/mol. The van der Waals surface area contributed by atoms with Gasteiger partial charge in [0, 0.05) is 87.8 Å². The Morgan fingerprint density at radius 1 is 0.437 bits per heavy atom. The lowest BCUT2D eigenvalue weighted by atomic mass is 10.1. The number of aryl methyl sites for hydroxylation is 2. The van der Waals surface area contributed by atoms with E-state index in [1.54, 1.807) is 35.3 Å². The molecule has 2 heterocycles. The Morgan fingerprint density at radius 2 is 0.803 bits per heavy atom. The molecule has 0 aliphatic heterocycles. The van der Waals surface area contributed by atoms with Crippen molar-refractivity contribution in [2.45, 2.75) is 58.7 Å². The fraction of sp³-hybridized carbons (Fsp3) is 0.167. The van der Waals surface area contributed by atoms with E-state index in [0.717, 1.165) is 55.2 Å². The van der Waals surface area contributed by atoms with Crippen molar-refractivity contribution in [3.8, 4) is 0 Å². The third-order valence-corrected chi connectivity index (χ3v) is 15.9. The molecule has 2 unspecified atom stereocenters. The summed E-state index contributed by atoms with van der Waals surface area (Å²) in [4.78, 5) is 4.48. The lowest BCUT2D eigenvalue weighted by Crippen LogP contribution is -2.30. The minimum atomic E-state index is -0.613. The van der Waals surface area contributed by atoms with Gasteiger partial charge in [0.25, 0.3) is 0 Å². The molecule has 71 heavy (non-hydrogen) atoms. The quantitative estimate of drug-likeness (QED) is 0.0447. The number of nitrogens with zero attached hydrogens (tertiary/aromatic N) is 6. The van der Waals surface area contributed by atoms with E-state index in [1.165, 1.54) is 43.6 Å². The molecule has 2 N–H and O–H groups in total. The number of rotatable bonds is 20.